The fourth-order valence-electron chi connectivity index (χ4n) is 2.31. The summed E-state index contributed by atoms with van der Waals surface area (Å²) in [5, 5.41) is 0. The van der Waals surface area contributed by atoms with Crippen molar-refractivity contribution in [2.45, 2.75) is 38.0 Å². The molecule has 2 rings (SSSR count). The van der Waals surface area contributed by atoms with Crippen molar-refractivity contribution in [2.75, 3.05) is 7.11 Å². The second-order valence-electron chi connectivity index (χ2n) is 4.55. The van der Waals surface area contributed by atoms with Gasteiger partial charge in [-0.25, -0.2) is 0 Å². The Labute approximate surface area is 95.8 Å². The molecule has 0 radical (unpaired) electrons. The first-order valence-electron chi connectivity index (χ1n) is 5.67. The van der Waals surface area contributed by atoms with Gasteiger partial charge in [0.25, 0.3) is 0 Å². The number of nitrogens with zero attached hydrogens (tertiary/aromatic N) is 1. The van der Waals surface area contributed by atoms with Crippen LogP contribution in [0.3, 0.4) is 0 Å². The van der Waals surface area contributed by atoms with Crippen molar-refractivity contribution < 1.29 is 9.53 Å². The molecular formula is C13H17NO2. The fraction of sp³-hybridized carbons (Fsp3) is 0.538. The molecule has 1 heterocycles. The van der Waals surface area contributed by atoms with E-state index in [2.05, 4.69) is 4.98 Å². The van der Waals surface area contributed by atoms with Gasteiger partial charge in [-0.2, -0.15) is 0 Å². The van der Waals surface area contributed by atoms with Crippen molar-refractivity contribution in [1.29, 1.82) is 0 Å². The van der Waals surface area contributed by atoms with Crippen LogP contribution < -0.4 is 0 Å². The molecule has 1 fully saturated rings. The number of esters is 1. The van der Waals surface area contributed by atoms with Crippen molar-refractivity contribution >= 4 is 5.97 Å². The average Bonchev–Trinajstić information content (AvgIpc) is 2.23. The topological polar surface area (TPSA) is 39.2 Å². The lowest BCUT2D eigenvalue weighted by molar-refractivity contribution is -0.143. The molecule has 1 aliphatic carbocycles. The SMILES string of the molecule is COC(=O)CC1(c2cccc(C)n2)CCC1. The lowest BCUT2D eigenvalue weighted by Gasteiger charge is -2.40. The van der Waals surface area contributed by atoms with Crippen molar-refractivity contribution in [3.05, 3.63) is 29.6 Å². The third-order valence-electron chi connectivity index (χ3n) is 3.45. The highest BCUT2D eigenvalue weighted by atomic mass is 16.5. The van der Waals surface area contributed by atoms with E-state index in [4.69, 9.17) is 4.74 Å². The van der Waals surface area contributed by atoms with E-state index in [9.17, 15) is 4.79 Å². The van der Waals surface area contributed by atoms with Gasteiger partial charge in [0.15, 0.2) is 0 Å². The maximum Gasteiger partial charge on any atom is 0.306 e. The van der Waals surface area contributed by atoms with Gasteiger partial charge in [-0.15, -0.1) is 0 Å². The van der Waals surface area contributed by atoms with E-state index in [1.165, 1.54) is 13.5 Å². The van der Waals surface area contributed by atoms with E-state index in [-0.39, 0.29) is 11.4 Å². The quantitative estimate of drug-likeness (QED) is 0.733. The van der Waals surface area contributed by atoms with Crippen LogP contribution in [0.25, 0.3) is 0 Å². The number of hydrogen-bond donors (Lipinski definition) is 0. The summed E-state index contributed by atoms with van der Waals surface area (Å²) in [6, 6.07) is 6.01. The number of rotatable bonds is 3. The monoisotopic (exact) mass is 219 g/mol. The first-order chi connectivity index (χ1) is 7.66. The molecule has 0 saturated heterocycles. The third kappa shape index (κ3) is 1.94. The summed E-state index contributed by atoms with van der Waals surface area (Å²) in [7, 11) is 1.44. The van der Waals surface area contributed by atoms with Crippen LogP contribution in [-0.4, -0.2) is 18.1 Å². The first kappa shape index (κ1) is 11.1. The Kier molecular flexibility index (Phi) is 2.95. The molecule has 16 heavy (non-hydrogen) atoms. The highest BCUT2D eigenvalue weighted by Gasteiger charge is 2.42. The minimum atomic E-state index is -0.136. The van der Waals surface area contributed by atoms with Gasteiger partial charge < -0.3 is 4.74 Å². The van der Waals surface area contributed by atoms with Gasteiger partial charge in [-0.3, -0.25) is 9.78 Å². The van der Waals surface area contributed by atoms with E-state index in [0.717, 1.165) is 24.2 Å². The molecule has 1 aromatic rings. The zero-order valence-corrected chi connectivity index (χ0v) is 9.82. The van der Waals surface area contributed by atoms with Crippen LogP contribution in [0, 0.1) is 6.92 Å². The molecule has 0 bridgehead atoms. The normalized spacial score (nSPS) is 17.6. The molecule has 1 aliphatic rings. The van der Waals surface area contributed by atoms with Crippen LogP contribution in [0.1, 0.15) is 37.1 Å². The summed E-state index contributed by atoms with van der Waals surface area (Å²) in [6.07, 6.45) is 3.71. The van der Waals surface area contributed by atoms with Crippen LogP contribution in [-0.2, 0) is 14.9 Å². The number of ether oxygens (including phenoxy) is 1. The van der Waals surface area contributed by atoms with Crippen LogP contribution in [0.2, 0.25) is 0 Å². The minimum Gasteiger partial charge on any atom is -0.469 e. The van der Waals surface area contributed by atoms with E-state index >= 15 is 0 Å². The molecule has 0 unspecified atom stereocenters. The molecule has 86 valence electrons. The zero-order chi connectivity index (χ0) is 11.6. The maximum absolute atomic E-state index is 11.4. The molecule has 0 amide bonds. The predicted molar refractivity (Wildman–Crippen MR) is 61.1 cm³/mol. The summed E-state index contributed by atoms with van der Waals surface area (Å²) in [6.45, 7) is 1.98. The van der Waals surface area contributed by atoms with Crippen LogP contribution in [0.5, 0.6) is 0 Å². The van der Waals surface area contributed by atoms with Gasteiger partial charge in [0.1, 0.15) is 0 Å². The van der Waals surface area contributed by atoms with Gasteiger partial charge in [-0.1, -0.05) is 12.5 Å². The Hall–Kier alpha value is -1.38. The van der Waals surface area contributed by atoms with E-state index in [1.807, 2.05) is 25.1 Å². The highest BCUT2D eigenvalue weighted by molar-refractivity contribution is 5.71. The number of carbonyl (C=O) groups is 1. The van der Waals surface area contributed by atoms with Crippen LogP contribution >= 0.6 is 0 Å². The van der Waals surface area contributed by atoms with E-state index in [1.54, 1.807) is 0 Å². The molecule has 3 nitrogen and oxygen atoms in total. The highest BCUT2D eigenvalue weighted by Crippen LogP contribution is 2.45. The molecule has 1 saturated carbocycles. The number of carbonyl (C=O) groups excluding carboxylic acids is 1. The van der Waals surface area contributed by atoms with Gasteiger partial charge in [0.05, 0.1) is 13.5 Å². The van der Waals surface area contributed by atoms with Crippen LogP contribution in [0.4, 0.5) is 0 Å². The number of methoxy groups -OCH3 is 1. The van der Waals surface area contributed by atoms with Gasteiger partial charge in [0, 0.05) is 16.8 Å². The van der Waals surface area contributed by atoms with Crippen molar-refractivity contribution in [1.82, 2.24) is 4.98 Å². The Morgan fingerprint density at radius 2 is 2.25 bits per heavy atom. The van der Waals surface area contributed by atoms with Gasteiger partial charge in [0.2, 0.25) is 0 Å². The van der Waals surface area contributed by atoms with Crippen molar-refractivity contribution in [3.8, 4) is 0 Å². The standard InChI is InChI=1S/C13H17NO2/c1-10-5-3-6-11(14-10)13(7-4-8-13)9-12(15)16-2/h3,5-6H,4,7-9H2,1-2H3. The second-order valence-corrected chi connectivity index (χ2v) is 4.55. The molecule has 3 heteroatoms. The Morgan fingerprint density at radius 1 is 1.50 bits per heavy atom. The first-order valence-corrected chi connectivity index (χ1v) is 5.67. The summed E-state index contributed by atoms with van der Waals surface area (Å²) in [5.74, 6) is -0.136. The second kappa shape index (κ2) is 4.24. The predicted octanol–water partition coefficient (Wildman–Crippen LogP) is 2.37. The van der Waals surface area contributed by atoms with Crippen molar-refractivity contribution in [3.63, 3.8) is 0 Å². The minimum absolute atomic E-state index is 0.0564. The van der Waals surface area contributed by atoms with E-state index < -0.39 is 0 Å². The fourth-order valence-corrected chi connectivity index (χ4v) is 2.31. The van der Waals surface area contributed by atoms with E-state index in [0.29, 0.717) is 6.42 Å². The van der Waals surface area contributed by atoms with Gasteiger partial charge >= 0.3 is 5.97 Å². The zero-order valence-electron chi connectivity index (χ0n) is 9.82. The third-order valence-corrected chi connectivity index (χ3v) is 3.45. The lowest BCUT2D eigenvalue weighted by Crippen LogP contribution is -2.37. The number of aromatic nitrogens is 1. The Bertz CT molecular complexity index is 397. The smallest absolute Gasteiger partial charge is 0.306 e. The lowest BCUT2D eigenvalue weighted by atomic mass is 9.64. The summed E-state index contributed by atoms with van der Waals surface area (Å²) in [4.78, 5) is 16.0. The molecule has 0 aliphatic heterocycles. The van der Waals surface area contributed by atoms with Crippen LogP contribution in [0.15, 0.2) is 18.2 Å². The molecule has 0 atom stereocenters. The number of pyridine rings is 1. The molecule has 1 aromatic heterocycles. The van der Waals surface area contributed by atoms with Gasteiger partial charge in [-0.05, 0) is 31.9 Å². The largest absolute Gasteiger partial charge is 0.469 e. The summed E-state index contributed by atoms with van der Waals surface area (Å²) >= 11 is 0. The maximum atomic E-state index is 11.4. The average molecular weight is 219 g/mol. The number of aryl methyl sites for hydroxylation is 1. The number of hydrogen-bond acceptors (Lipinski definition) is 3. The Balaban J connectivity index is 2.24. The Morgan fingerprint density at radius 3 is 2.75 bits per heavy atom. The molecule has 0 N–H and O–H groups in total. The van der Waals surface area contributed by atoms with Crippen molar-refractivity contribution in [2.24, 2.45) is 0 Å². The molecular weight excluding hydrogens is 202 g/mol. The molecule has 0 aromatic carbocycles. The summed E-state index contributed by atoms with van der Waals surface area (Å²) < 4.78 is 4.77. The molecule has 0 spiro atoms. The summed E-state index contributed by atoms with van der Waals surface area (Å²) in [5.41, 5.74) is 2.00.